The van der Waals surface area contributed by atoms with E-state index < -0.39 is 0 Å². The molecule has 0 bridgehead atoms. The first-order chi connectivity index (χ1) is 13.4. The number of carbonyl (C=O) groups is 2. The summed E-state index contributed by atoms with van der Waals surface area (Å²) in [6, 6.07) is 6.32. The molecule has 0 aliphatic carbocycles. The molecule has 150 valence electrons. The molecule has 1 saturated heterocycles. The number of piperidine rings is 1. The van der Waals surface area contributed by atoms with Gasteiger partial charge in [-0.2, -0.15) is 0 Å². The van der Waals surface area contributed by atoms with Crippen LogP contribution >= 0.6 is 0 Å². The van der Waals surface area contributed by atoms with Crippen molar-refractivity contribution in [3.63, 3.8) is 0 Å². The van der Waals surface area contributed by atoms with E-state index in [0.717, 1.165) is 31.4 Å². The van der Waals surface area contributed by atoms with E-state index in [-0.39, 0.29) is 17.6 Å². The van der Waals surface area contributed by atoms with Crippen molar-refractivity contribution in [2.75, 3.05) is 18.4 Å². The number of halogens is 1. The second-order valence-electron chi connectivity index (χ2n) is 7.76. The number of nitrogens with zero attached hydrogens (tertiary/aromatic N) is 2. The number of carbonyl (C=O) groups excluding carboxylic acids is 2. The molecular formula is C22H28FN3O2. The number of benzene rings is 1. The first kappa shape index (κ1) is 20.1. The van der Waals surface area contributed by atoms with Crippen LogP contribution in [0.15, 0.2) is 36.7 Å². The lowest BCUT2D eigenvalue weighted by molar-refractivity contribution is -0.132. The zero-order valence-electron chi connectivity index (χ0n) is 16.6. The summed E-state index contributed by atoms with van der Waals surface area (Å²) in [6.07, 6.45) is 7.52. The molecule has 1 atom stereocenters. The summed E-state index contributed by atoms with van der Waals surface area (Å²) >= 11 is 0. The maximum atomic E-state index is 13.2. The van der Waals surface area contributed by atoms with Crippen molar-refractivity contribution < 1.29 is 14.0 Å². The number of hydrogen-bond donors (Lipinski definition) is 1. The maximum absolute atomic E-state index is 13.2. The Bertz CT molecular complexity index is 846. The first-order valence-electron chi connectivity index (χ1n) is 9.85. The highest BCUT2D eigenvalue weighted by atomic mass is 19.1. The van der Waals surface area contributed by atoms with E-state index in [1.54, 1.807) is 13.0 Å². The van der Waals surface area contributed by atoms with Crippen LogP contribution in [0.3, 0.4) is 0 Å². The standard InChI is InChI=1S/C22H28FN3O2/c1-16-12-19(23)6-7-20(16)24-21(27)8-5-17-4-3-10-26(15-17)22(28)13-18-9-11-25(2)14-18/h6-7,9,11-12,14,17H,3-5,8,10,13,15H2,1-2H3,(H,24,27). The third-order valence-electron chi connectivity index (χ3n) is 5.36. The number of anilines is 1. The Morgan fingerprint density at radius 3 is 2.82 bits per heavy atom. The minimum Gasteiger partial charge on any atom is -0.357 e. The summed E-state index contributed by atoms with van der Waals surface area (Å²) in [7, 11) is 1.95. The van der Waals surface area contributed by atoms with Crippen molar-refractivity contribution in [2.24, 2.45) is 13.0 Å². The fourth-order valence-electron chi connectivity index (χ4n) is 3.79. The molecule has 0 spiro atoms. The molecule has 0 saturated carbocycles. The van der Waals surface area contributed by atoms with Crippen LogP contribution in [0.4, 0.5) is 10.1 Å². The molecule has 28 heavy (non-hydrogen) atoms. The lowest BCUT2D eigenvalue weighted by atomic mass is 9.93. The molecule has 2 heterocycles. The van der Waals surface area contributed by atoms with Gasteiger partial charge in [-0.15, -0.1) is 0 Å². The molecule has 1 aromatic heterocycles. The highest BCUT2D eigenvalue weighted by Crippen LogP contribution is 2.23. The zero-order chi connectivity index (χ0) is 20.1. The second-order valence-corrected chi connectivity index (χ2v) is 7.76. The van der Waals surface area contributed by atoms with E-state index in [1.165, 1.54) is 12.1 Å². The van der Waals surface area contributed by atoms with Crippen LogP contribution in [0.2, 0.25) is 0 Å². The summed E-state index contributed by atoms with van der Waals surface area (Å²) in [6.45, 7) is 3.29. The minimum atomic E-state index is -0.307. The highest BCUT2D eigenvalue weighted by molar-refractivity contribution is 5.91. The molecule has 6 heteroatoms. The van der Waals surface area contributed by atoms with Gasteiger partial charge in [0.1, 0.15) is 5.82 Å². The molecule has 0 radical (unpaired) electrons. The van der Waals surface area contributed by atoms with Gasteiger partial charge < -0.3 is 14.8 Å². The fourth-order valence-corrected chi connectivity index (χ4v) is 3.79. The van der Waals surface area contributed by atoms with E-state index in [4.69, 9.17) is 0 Å². The van der Waals surface area contributed by atoms with Gasteiger partial charge in [0.2, 0.25) is 11.8 Å². The Labute approximate surface area is 165 Å². The lowest BCUT2D eigenvalue weighted by Gasteiger charge is -2.32. The number of aryl methyl sites for hydroxylation is 2. The first-order valence-corrected chi connectivity index (χ1v) is 9.85. The quantitative estimate of drug-likeness (QED) is 0.825. The number of rotatable bonds is 6. The molecule has 1 N–H and O–H groups in total. The molecule has 1 aromatic carbocycles. The summed E-state index contributed by atoms with van der Waals surface area (Å²) in [5.41, 5.74) is 2.39. The van der Waals surface area contributed by atoms with Crippen molar-refractivity contribution in [3.05, 3.63) is 53.6 Å². The van der Waals surface area contributed by atoms with Gasteiger partial charge in [0.15, 0.2) is 0 Å². The van der Waals surface area contributed by atoms with Gasteiger partial charge in [-0.1, -0.05) is 0 Å². The maximum Gasteiger partial charge on any atom is 0.227 e. The monoisotopic (exact) mass is 385 g/mol. The number of hydrogen-bond acceptors (Lipinski definition) is 2. The van der Waals surface area contributed by atoms with Crippen LogP contribution in [0.25, 0.3) is 0 Å². The normalized spacial score (nSPS) is 16.8. The van der Waals surface area contributed by atoms with Gasteiger partial charge >= 0.3 is 0 Å². The van der Waals surface area contributed by atoms with Gasteiger partial charge in [0.25, 0.3) is 0 Å². The van der Waals surface area contributed by atoms with Crippen LogP contribution in [0.1, 0.15) is 36.8 Å². The summed E-state index contributed by atoms with van der Waals surface area (Å²) in [5.74, 6) is 0.122. The Kier molecular flexibility index (Phi) is 6.49. The smallest absolute Gasteiger partial charge is 0.227 e. The molecule has 3 rings (SSSR count). The van der Waals surface area contributed by atoms with E-state index >= 15 is 0 Å². The van der Waals surface area contributed by atoms with Crippen LogP contribution in [-0.2, 0) is 23.1 Å². The van der Waals surface area contributed by atoms with Gasteiger partial charge in [-0.3, -0.25) is 9.59 Å². The second kappa shape index (κ2) is 9.04. The van der Waals surface area contributed by atoms with E-state index in [1.807, 2.05) is 35.0 Å². The average Bonchev–Trinajstić information content (AvgIpc) is 3.07. The number of nitrogens with one attached hydrogen (secondary N) is 1. The predicted octanol–water partition coefficient (Wildman–Crippen LogP) is 3.67. The van der Waals surface area contributed by atoms with Crippen molar-refractivity contribution in [1.82, 2.24) is 9.47 Å². The Morgan fingerprint density at radius 1 is 1.29 bits per heavy atom. The predicted molar refractivity (Wildman–Crippen MR) is 107 cm³/mol. The number of amides is 2. The van der Waals surface area contributed by atoms with E-state index in [0.29, 0.717) is 36.6 Å². The molecule has 1 aliphatic rings. The topological polar surface area (TPSA) is 54.3 Å². The van der Waals surface area contributed by atoms with Crippen molar-refractivity contribution in [1.29, 1.82) is 0 Å². The van der Waals surface area contributed by atoms with Crippen molar-refractivity contribution in [3.8, 4) is 0 Å². The molecule has 1 unspecified atom stereocenters. The zero-order valence-corrected chi connectivity index (χ0v) is 16.6. The van der Waals surface area contributed by atoms with Gasteiger partial charge in [-0.05, 0) is 67.5 Å². The molecule has 1 fully saturated rings. The minimum absolute atomic E-state index is 0.0672. The van der Waals surface area contributed by atoms with Gasteiger partial charge in [-0.25, -0.2) is 4.39 Å². The third-order valence-corrected chi connectivity index (χ3v) is 5.36. The molecular weight excluding hydrogens is 357 g/mol. The molecule has 2 aromatic rings. The number of aromatic nitrogens is 1. The fraction of sp³-hybridized carbons (Fsp3) is 0.455. The summed E-state index contributed by atoms with van der Waals surface area (Å²) < 4.78 is 15.1. The van der Waals surface area contributed by atoms with Crippen LogP contribution in [0, 0.1) is 18.7 Å². The Hall–Kier alpha value is -2.63. The number of likely N-dealkylation sites (tertiary alicyclic amines) is 1. The van der Waals surface area contributed by atoms with E-state index in [2.05, 4.69) is 5.32 Å². The molecule has 5 nitrogen and oxygen atoms in total. The summed E-state index contributed by atoms with van der Waals surface area (Å²) in [4.78, 5) is 26.8. The van der Waals surface area contributed by atoms with Crippen molar-refractivity contribution >= 4 is 17.5 Å². The van der Waals surface area contributed by atoms with Gasteiger partial charge in [0.05, 0.1) is 6.42 Å². The van der Waals surface area contributed by atoms with Crippen LogP contribution in [0.5, 0.6) is 0 Å². The lowest BCUT2D eigenvalue weighted by Crippen LogP contribution is -2.40. The average molecular weight is 385 g/mol. The molecule has 2 amide bonds. The highest BCUT2D eigenvalue weighted by Gasteiger charge is 2.24. The van der Waals surface area contributed by atoms with Crippen LogP contribution in [-0.4, -0.2) is 34.4 Å². The summed E-state index contributed by atoms with van der Waals surface area (Å²) in [5, 5.41) is 2.86. The van der Waals surface area contributed by atoms with E-state index in [9.17, 15) is 14.0 Å². The third kappa shape index (κ3) is 5.44. The Morgan fingerprint density at radius 2 is 2.11 bits per heavy atom. The largest absolute Gasteiger partial charge is 0.357 e. The molecule has 1 aliphatic heterocycles. The van der Waals surface area contributed by atoms with Crippen molar-refractivity contribution in [2.45, 2.75) is 39.0 Å². The van der Waals surface area contributed by atoms with Gasteiger partial charge in [0, 0.05) is 44.6 Å². The Balaban J connectivity index is 1.46. The SMILES string of the molecule is Cc1cc(F)ccc1NC(=O)CCC1CCCN(C(=O)Cc2ccn(C)c2)C1. The van der Waals surface area contributed by atoms with Crippen LogP contribution < -0.4 is 5.32 Å².